The molecule has 0 bridgehead atoms. The van der Waals surface area contributed by atoms with Crippen molar-refractivity contribution >= 4 is 5.91 Å². The largest absolute Gasteiger partial charge is 0.394 e. The lowest BCUT2D eigenvalue weighted by Crippen LogP contribution is -2.65. The number of nitrogens with one attached hydrogen (secondary N) is 1. The molecule has 0 aromatic rings. The van der Waals surface area contributed by atoms with Gasteiger partial charge < -0.3 is 65.1 Å². The molecule has 2 aliphatic heterocycles. The first-order valence-electron chi connectivity index (χ1n) is 33.4. The number of allylic oxidation sites excluding steroid dienone is 7. The number of unbranched alkanes of at least 4 members (excludes halogenated alkanes) is 35. The van der Waals surface area contributed by atoms with E-state index in [-0.39, 0.29) is 18.9 Å². The second-order valence-corrected chi connectivity index (χ2v) is 23.6. The van der Waals surface area contributed by atoms with Gasteiger partial charge in [-0.1, -0.05) is 262 Å². The average molecular weight is 1150 g/mol. The molecule has 0 radical (unpaired) electrons. The Kier molecular flexibility index (Phi) is 48.5. The molecule has 474 valence electrons. The Balaban J connectivity index is 1.66. The Morgan fingerprint density at radius 1 is 0.444 bits per heavy atom. The third-order valence-electron chi connectivity index (χ3n) is 16.3. The minimum absolute atomic E-state index is 0.237. The van der Waals surface area contributed by atoms with Crippen molar-refractivity contribution in [2.75, 3.05) is 19.8 Å². The van der Waals surface area contributed by atoms with Crippen molar-refractivity contribution in [1.29, 1.82) is 0 Å². The fraction of sp³-hybridized carbons (Fsp3) is 0.866. The van der Waals surface area contributed by atoms with Crippen molar-refractivity contribution in [2.24, 2.45) is 0 Å². The smallest absolute Gasteiger partial charge is 0.220 e. The summed E-state index contributed by atoms with van der Waals surface area (Å²) in [6.07, 6.45) is 50.1. The summed E-state index contributed by atoms with van der Waals surface area (Å²) in [4.78, 5) is 13.3. The molecule has 0 aromatic carbocycles. The van der Waals surface area contributed by atoms with E-state index in [1.165, 1.54) is 199 Å². The zero-order valence-electron chi connectivity index (χ0n) is 51.3. The second kappa shape index (κ2) is 52.3. The van der Waals surface area contributed by atoms with Crippen molar-refractivity contribution in [1.82, 2.24) is 5.32 Å². The number of hydrogen-bond acceptors (Lipinski definition) is 13. The minimum atomic E-state index is -1.79. The van der Waals surface area contributed by atoms with Gasteiger partial charge in [0.05, 0.1) is 32.0 Å². The van der Waals surface area contributed by atoms with Crippen LogP contribution in [0.15, 0.2) is 48.6 Å². The summed E-state index contributed by atoms with van der Waals surface area (Å²) in [5.74, 6) is -0.237. The Labute approximate surface area is 493 Å². The molecule has 12 unspecified atom stereocenters. The molecule has 81 heavy (non-hydrogen) atoms. The number of rotatable bonds is 54. The Morgan fingerprint density at radius 2 is 0.815 bits per heavy atom. The van der Waals surface area contributed by atoms with Gasteiger partial charge in [-0.3, -0.25) is 4.79 Å². The van der Waals surface area contributed by atoms with Gasteiger partial charge in [-0.15, -0.1) is 0 Å². The maximum absolute atomic E-state index is 13.3. The molecule has 2 saturated heterocycles. The quantitative estimate of drug-likeness (QED) is 0.0204. The molecule has 14 nitrogen and oxygen atoms in total. The van der Waals surface area contributed by atoms with Crippen LogP contribution >= 0.6 is 0 Å². The van der Waals surface area contributed by atoms with Crippen molar-refractivity contribution in [2.45, 2.75) is 351 Å². The molecule has 14 heteroatoms. The molecule has 2 aliphatic rings. The van der Waals surface area contributed by atoms with Gasteiger partial charge in [0.2, 0.25) is 5.91 Å². The van der Waals surface area contributed by atoms with Crippen molar-refractivity contribution in [3.63, 3.8) is 0 Å². The van der Waals surface area contributed by atoms with E-state index in [1.807, 2.05) is 6.08 Å². The maximum Gasteiger partial charge on any atom is 0.220 e. The number of carbonyl (C=O) groups is 1. The third-order valence-corrected chi connectivity index (χ3v) is 16.3. The maximum atomic E-state index is 13.3. The van der Waals surface area contributed by atoms with E-state index >= 15 is 0 Å². The zero-order valence-corrected chi connectivity index (χ0v) is 51.3. The molecule has 0 aromatic heterocycles. The second-order valence-electron chi connectivity index (χ2n) is 23.6. The summed E-state index contributed by atoms with van der Waals surface area (Å²) in [6.45, 7) is 2.81. The first kappa shape index (κ1) is 75.0. The van der Waals surface area contributed by atoms with Crippen molar-refractivity contribution < 1.29 is 64.6 Å². The highest BCUT2D eigenvalue weighted by molar-refractivity contribution is 5.76. The minimum Gasteiger partial charge on any atom is -0.394 e. The van der Waals surface area contributed by atoms with Crippen LogP contribution < -0.4 is 5.32 Å². The highest BCUT2D eigenvalue weighted by atomic mass is 16.7. The van der Waals surface area contributed by atoms with Gasteiger partial charge in [-0.2, -0.15) is 0 Å². The summed E-state index contributed by atoms with van der Waals surface area (Å²) in [5, 5.41) is 87.2. The molecular formula is C67H123NO13. The number of aliphatic hydroxyl groups is 8. The van der Waals surface area contributed by atoms with Crippen LogP contribution in [0.5, 0.6) is 0 Å². The standard InChI is InChI=1S/C67H123NO13/c1-3-5-7-9-11-13-15-17-19-21-22-23-24-25-26-27-28-29-30-31-32-33-34-35-37-39-41-43-45-47-49-51-59(72)68-55(56(71)50-48-46-44-42-40-38-36-20-18-16-14-12-10-8-6-4-2)54-78-66-64(77)62(75)65(58(53-70)80-66)81-67-63(76)61(74)60(73)57(52-69)79-67/h15,17,21-22,24-25,48,50,55-58,60-67,69-71,73-77H,3-14,16,18-20,23,26-47,49,51-54H2,1-2H3,(H,68,72)/b17-15-,22-21-,25-24-,50-48+. The van der Waals surface area contributed by atoms with Crippen molar-refractivity contribution in [3.8, 4) is 0 Å². The molecule has 2 rings (SSSR count). The summed E-state index contributed by atoms with van der Waals surface area (Å²) in [6, 6.07) is -0.915. The highest BCUT2D eigenvalue weighted by Gasteiger charge is 2.51. The van der Waals surface area contributed by atoms with Gasteiger partial charge >= 0.3 is 0 Å². The van der Waals surface area contributed by atoms with Crippen LogP contribution in [0.1, 0.15) is 277 Å². The number of hydrogen-bond donors (Lipinski definition) is 9. The van der Waals surface area contributed by atoms with Gasteiger partial charge in [-0.05, 0) is 57.8 Å². The van der Waals surface area contributed by atoms with E-state index in [2.05, 4.69) is 55.6 Å². The number of aliphatic hydroxyl groups excluding tert-OH is 8. The zero-order chi connectivity index (χ0) is 58.8. The van der Waals surface area contributed by atoms with E-state index in [0.717, 1.165) is 51.4 Å². The lowest BCUT2D eigenvalue weighted by Gasteiger charge is -2.46. The van der Waals surface area contributed by atoms with Gasteiger partial charge in [0.15, 0.2) is 12.6 Å². The van der Waals surface area contributed by atoms with E-state index < -0.39 is 86.8 Å². The first-order valence-corrected chi connectivity index (χ1v) is 33.4. The number of ether oxygens (including phenoxy) is 4. The molecule has 0 aliphatic carbocycles. The lowest BCUT2D eigenvalue weighted by molar-refractivity contribution is -0.359. The van der Waals surface area contributed by atoms with Gasteiger partial charge in [0.1, 0.15) is 48.8 Å². The highest BCUT2D eigenvalue weighted by Crippen LogP contribution is 2.30. The molecule has 12 atom stereocenters. The third kappa shape index (κ3) is 37.2. The predicted molar refractivity (Wildman–Crippen MR) is 327 cm³/mol. The summed E-state index contributed by atoms with van der Waals surface area (Å²) < 4.78 is 22.8. The van der Waals surface area contributed by atoms with Crippen LogP contribution in [-0.2, 0) is 23.7 Å². The van der Waals surface area contributed by atoms with Crippen LogP contribution in [0.3, 0.4) is 0 Å². The Bertz CT molecular complexity index is 1540. The lowest BCUT2D eigenvalue weighted by atomic mass is 9.97. The SMILES string of the molecule is CCCCCCC/C=C\C/C=C\C/C=C\CCCCCCCCCCCCCCCCCCC(=O)NC(COC1OC(CO)C(OC2OC(CO)C(O)C(O)C2O)C(O)C1O)C(O)/C=C/CCCCCCCCCCCCCCCC. The van der Waals surface area contributed by atoms with Crippen LogP contribution in [0.25, 0.3) is 0 Å². The van der Waals surface area contributed by atoms with E-state index in [9.17, 15) is 45.6 Å². The van der Waals surface area contributed by atoms with Gasteiger partial charge in [0.25, 0.3) is 0 Å². The fourth-order valence-electron chi connectivity index (χ4n) is 10.9. The van der Waals surface area contributed by atoms with E-state index in [1.54, 1.807) is 6.08 Å². The van der Waals surface area contributed by atoms with E-state index in [4.69, 9.17) is 18.9 Å². The first-order chi connectivity index (χ1) is 39.6. The van der Waals surface area contributed by atoms with Crippen LogP contribution in [0.2, 0.25) is 0 Å². The predicted octanol–water partition coefficient (Wildman–Crippen LogP) is 12.7. The number of carbonyl (C=O) groups excluding carboxylic acids is 1. The van der Waals surface area contributed by atoms with Crippen LogP contribution in [-0.4, -0.2) is 140 Å². The van der Waals surface area contributed by atoms with Crippen LogP contribution in [0, 0.1) is 0 Å². The molecule has 0 spiro atoms. The average Bonchev–Trinajstić information content (AvgIpc) is 3.47. The van der Waals surface area contributed by atoms with Gasteiger partial charge in [0, 0.05) is 6.42 Å². The van der Waals surface area contributed by atoms with Crippen molar-refractivity contribution in [3.05, 3.63) is 48.6 Å². The topological polar surface area (TPSA) is 228 Å². The Morgan fingerprint density at radius 3 is 1.25 bits per heavy atom. The van der Waals surface area contributed by atoms with E-state index in [0.29, 0.717) is 6.42 Å². The molecule has 0 saturated carbocycles. The fourth-order valence-corrected chi connectivity index (χ4v) is 10.9. The monoisotopic (exact) mass is 1150 g/mol. The molecule has 2 heterocycles. The molecule has 1 amide bonds. The molecule has 9 N–H and O–H groups in total. The Hall–Kier alpha value is -2.05. The normalized spacial score (nSPS) is 24.4. The van der Waals surface area contributed by atoms with Gasteiger partial charge in [-0.25, -0.2) is 0 Å². The molecular weight excluding hydrogens is 1030 g/mol. The summed E-state index contributed by atoms with van der Waals surface area (Å²) in [5.41, 5.74) is 0. The summed E-state index contributed by atoms with van der Waals surface area (Å²) >= 11 is 0. The van der Waals surface area contributed by atoms with Crippen LogP contribution in [0.4, 0.5) is 0 Å². The summed E-state index contributed by atoms with van der Waals surface area (Å²) in [7, 11) is 0. The number of amides is 1. The molecule has 2 fully saturated rings.